The number of nitrogens with one attached hydrogen (secondary N) is 1. The smallest absolute Gasteiger partial charge is 0.337 e. The van der Waals surface area contributed by atoms with Gasteiger partial charge in [-0.25, -0.2) is 17.9 Å². The van der Waals surface area contributed by atoms with Crippen LogP contribution in [-0.2, 0) is 14.8 Å². The molecule has 0 unspecified atom stereocenters. The first-order chi connectivity index (χ1) is 12.2. The van der Waals surface area contributed by atoms with Crippen LogP contribution in [-0.4, -0.2) is 47.2 Å². The van der Waals surface area contributed by atoms with E-state index in [0.717, 1.165) is 5.69 Å². The summed E-state index contributed by atoms with van der Waals surface area (Å²) in [6.07, 6.45) is -0.977. The molecule has 0 spiro atoms. The first kappa shape index (κ1) is 19.9. The van der Waals surface area contributed by atoms with Gasteiger partial charge in [-0.05, 0) is 42.0 Å². The van der Waals surface area contributed by atoms with Crippen LogP contribution in [0, 0.1) is 0 Å². The van der Waals surface area contributed by atoms with Gasteiger partial charge in [-0.3, -0.25) is 0 Å². The quantitative estimate of drug-likeness (QED) is 0.710. The standard InChI is InChI=1S/C18H22N2O5S/c1-20(2)15-8-4-13(5-9-15)17(21)12-19-26(23,24)16-10-6-14(7-11-16)18(22)25-3/h4-11,17,19,21H,12H2,1-3H3/t17-/m1/s1. The van der Waals surface area contributed by atoms with Crippen LogP contribution in [0.2, 0.25) is 0 Å². The number of methoxy groups -OCH3 is 1. The van der Waals surface area contributed by atoms with Crippen LogP contribution in [0.5, 0.6) is 0 Å². The van der Waals surface area contributed by atoms with Crippen LogP contribution in [0.15, 0.2) is 53.4 Å². The lowest BCUT2D eigenvalue weighted by atomic mass is 10.1. The van der Waals surface area contributed by atoms with Crippen molar-refractivity contribution in [3.8, 4) is 0 Å². The zero-order valence-electron chi connectivity index (χ0n) is 14.8. The van der Waals surface area contributed by atoms with Gasteiger partial charge < -0.3 is 14.7 Å². The van der Waals surface area contributed by atoms with Crippen molar-refractivity contribution in [3.63, 3.8) is 0 Å². The van der Waals surface area contributed by atoms with Crippen molar-refractivity contribution in [3.05, 3.63) is 59.7 Å². The van der Waals surface area contributed by atoms with E-state index >= 15 is 0 Å². The number of carbonyl (C=O) groups is 1. The normalized spacial score (nSPS) is 12.5. The Morgan fingerprint density at radius 2 is 1.69 bits per heavy atom. The number of aliphatic hydroxyl groups excluding tert-OH is 1. The van der Waals surface area contributed by atoms with Crippen molar-refractivity contribution in [2.75, 3.05) is 32.6 Å². The van der Waals surface area contributed by atoms with Gasteiger partial charge in [0.2, 0.25) is 10.0 Å². The summed E-state index contributed by atoms with van der Waals surface area (Å²) < 4.78 is 31.6. The van der Waals surface area contributed by atoms with E-state index in [1.807, 2.05) is 31.1 Å². The Balaban J connectivity index is 2.03. The van der Waals surface area contributed by atoms with Crippen molar-refractivity contribution in [1.29, 1.82) is 0 Å². The fourth-order valence-corrected chi connectivity index (χ4v) is 3.31. The summed E-state index contributed by atoms with van der Waals surface area (Å²) in [5.74, 6) is -0.543. The van der Waals surface area contributed by atoms with E-state index in [1.165, 1.54) is 31.4 Å². The highest BCUT2D eigenvalue weighted by atomic mass is 32.2. The van der Waals surface area contributed by atoms with Gasteiger partial charge in [0.25, 0.3) is 0 Å². The summed E-state index contributed by atoms with van der Waals surface area (Å²) in [5, 5.41) is 10.2. The van der Waals surface area contributed by atoms with E-state index in [0.29, 0.717) is 5.56 Å². The molecule has 0 aliphatic heterocycles. The molecule has 0 amide bonds. The zero-order valence-corrected chi connectivity index (χ0v) is 15.7. The lowest BCUT2D eigenvalue weighted by molar-refractivity contribution is 0.0600. The van der Waals surface area contributed by atoms with Gasteiger partial charge in [0.05, 0.1) is 23.7 Å². The number of hydrogen-bond acceptors (Lipinski definition) is 6. The van der Waals surface area contributed by atoms with Gasteiger partial charge in [0.15, 0.2) is 0 Å². The molecule has 0 aromatic heterocycles. The van der Waals surface area contributed by atoms with Crippen LogP contribution in [0.25, 0.3) is 0 Å². The van der Waals surface area contributed by atoms with E-state index in [9.17, 15) is 18.3 Å². The molecular weight excluding hydrogens is 356 g/mol. The van der Waals surface area contributed by atoms with Crippen LogP contribution in [0.1, 0.15) is 22.0 Å². The van der Waals surface area contributed by atoms with Gasteiger partial charge >= 0.3 is 5.97 Å². The van der Waals surface area contributed by atoms with Gasteiger partial charge in [0, 0.05) is 26.3 Å². The molecule has 1 atom stereocenters. The number of aliphatic hydroxyl groups is 1. The Morgan fingerprint density at radius 3 is 2.19 bits per heavy atom. The number of ether oxygens (including phenoxy) is 1. The predicted molar refractivity (Wildman–Crippen MR) is 98.7 cm³/mol. The lowest BCUT2D eigenvalue weighted by Gasteiger charge is -2.16. The number of anilines is 1. The first-order valence-electron chi connectivity index (χ1n) is 7.88. The fraction of sp³-hybridized carbons (Fsp3) is 0.278. The summed E-state index contributed by atoms with van der Waals surface area (Å²) in [5.41, 5.74) is 1.85. The Labute approximate surface area is 153 Å². The zero-order chi connectivity index (χ0) is 19.3. The molecule has 0 aliphatic carbocycles. The van der Waals surface area contributed by atoms with Gasteiger partial charge in [-0.2, -0.15) is 0 Å². The van der Waals surface area contributed by atoms with Gasteiger partial charge in [-0.15, -0.1) is 0 Å². The van der Waals surface area contributed by atoms with Crippen LogP contribution in [0.3, 0.4) is 0 Å². The fourth-order valence-electron chi connectivity index (χ4n) is 2.27. The highest BCUT2D eigenvalue weighted by molar-refractivity contribution is 7.89. The molecule has 2 rings (SSSR count). The number of rotatable bonds is 7. The molecule has 0 heterocycles. The molecule has 0 radical (unpaired) electrons. The molecule has 26 heavy (non-hydrogen) atoms. The SMILES string of the molecule is COC(=O)c1ccc(S(=O)(=O)NC[C@@H](O)c2ccc(N(C)C)cc2)cc1. The summed E-state index contributed by atoms with van der Waals surface area (Å²) >= 11 is 0. The molecule has 2 aromatic carbocycles. The summed E-state index contributed by atoms with van der Waals surface area (Å²) in [6, 6.07) is 12.6. The molecule has 140 valence electrons. The molecule has 0 aliphatic rings. The Morgan fingerprint density at radius 1 is 1.12 bits per heavy atom. The highest BCUT2D eigenvalue weighted by Gasteiger charge is 2.17. The Kier molecular flexibility index (Phi) is 6.36. The minimum Gasteiger partial charge on any atom is -0.465 e. The van der Waals surface area contributed by atoms with Crippen LogP contribution >= 0.6 is 0 Å². The van der Waals surface area contributed by atoms with Crippen molar-refractivity contribution in [1.82, 2.24) is 4.72 Å². The number of esters is 1. The average molecular weight is 378 g/mol. The van der Waals surface area contributed by atoms with Gasteiger partial charge in [0.1, 0.15) is 0 Å². The second-order valence-corrected chi connectivity index (χ2v) is 7.64. The summed E-state index contributed by atoms with van der Waals surface area (Å²) in [6.45, 7) is -0.164. The van der Waals surface area contributed by atoms with Crippen LogP contribution in [0.4, 0.5) is 5.69 Å². The maximum Gasteiger partial charge on any atom is 0.337 e. The molecule has 0 bridgehead atoms. The van der Waals surface area contributed by atoms with Crippen molar-refractivity contribution >= 4 is 21.7 Å². The summed E-state index contributed by atoms with van der Waals surface area (Å²) in [7, 11) is 1.26. The molecule has 2 aromatic rings. The van der Waals surface area contributed by atoms with E-state index in [2.05, 4.69) is 9.46 Å². The Hall–Kier alpha value is -2.42. The van der Waals surface area contributed by atoms with E-state index < -0.39 is 22.1 Å². The number of carbonyl (C=O) groups excluding carboxylic acids is 1. The number of nitrogens with zero attached hydrogens (tertiary/aromatic N) is 1. The number of hydrogen-bond donors (Lipinski definition) is 2. The summed E-state index contributed by atoms with van der Waals surface area (Å²) in [4.78, 5) is 13.3. The van der Waals surface area contributed by atoms with Gasteiger partial charge in [-0.1, -0.05) is 12.1 Å². The second kappa shape index (κ2) is 8.31. The van der Waals surface area contributed by atoms with Crippen molar-refractivity contribution in [2.24, 2.45) is 0 Å². The highest BCUT2D eigenvalue weighted by Crippen LogP contribution is 2.18. The molecule has 0 saturated heterocycles. The molecule has 7 nitrogen and oxygen atoms in total. The molecule has 0 fully saturated rings. The molecule has 0 saturated carbocycles. The third-order valence-electron chi connectivity index (χ3n) is 3.85. The average Bonchev–Trinajstić information content (AvgIpc) is 2.65. The maximum atomic E-state index is 12.3. The first-order valence-corrected chi connectivity index (χ1v) is 9.36. The Bertz CT molecular complexity index is 846. The molecule has 8 heteroatoms. The second-order valence-electron chi connectivity index (χ2n) is 5.87. The minimum absolute atomic E-state index is 0.000286. The van der Waals surface area contributed by atoms with Crippen LogP contribution < -0.4 is 9.62 Å². The topological polar surface area (TPSA) is 95.9 Å². The van der Waals surface area contributed by atoms with Crippen molar-refractivity contribution in [2.45, 2.75) is 11.0 Å². The number of benzene rings is 2. The van der Waals surface area contributed by atoms with E-state index in [4.69, 9.17) is 0 Å². The van der Waals surface area contributed by atoms with E-state index in [1.54, 1.807) is 12.1 Å². The maximum absolute atomic E-state index is 12.3. The predicted octanol–water partition coefficient (Wildman–Crippen LogP) is 1.55. The third-order valence-corrected chi connectivity index (χ3v) is 5.29. The lowest BCUT2D eigenvalue weighted by Crippen LogP contribution is -2.28. The molecule has 2 N–H and O–H groups in total. The minimum atomic E-state index is -3.80. The molecular formula is C18H22N2O5S. The largest absolute Gasteiger partial charge is 0.465 e. The third kappa shape index (κ3) is 4.81. The monoisotopic (exact) mass is 378 g/mol. The van der Waals surface area contributed by atoms with E-state index in [-0.39, 0.29) is 17.0 Å². The van der Waals surface area contributed by atoms with Crippen molar-refractivity contribution < 1.29 is 23.1 Å². The number of sulfonamides is 1.